The minimum atomic E-state index is 0.769. The van der Waals surface area contributed by atoms with E-state index >= 15 is 0 Å². The minimum absolute atomic E-state index is 0.769. The molecule has 0 saturated carbocycles. The van der Waals surface area contributed by atoms with Gasteiger partial charge in [0.1, 0.15) is 5.82 Å². The number of benzene rings is 1. The van der Waals surface area contributed by atoms with E-state index in [0.29, 0.717) is 0 Å². The van der Waals surface area contributed by atoms with E-state index in [-0.39, 0.29) is 0 Å². The number of pyridine rings is 1. The fourth-order valence-corrected chi connectivity index (χ4v) is 1.30. The van der Waals surface area contributed by atoms with Crippen molar-refractivity contribution < 1.29 is 9.47 Å². The van der Waals surface area contributed by atoms with E-state index < -0.39 is 0 Å². The molecular weight excluding hydrogens is 228 g/mol. The summed E-state index contributed by atoms with van der Waals surface area (Å²) in [6.45, 7) is 0. The number of nitrogens with zero attached hydrogens (tertiary/aromatic N) is 1. The average molecular weight is 246 g/mol. The van der Waals surface area contributed by atoms with E-state index in [4.69, 9.17) is 9.47 Å². The number of nitrogens with one attached hydrogen (secondary N) is 1. The smallest absolute Gasteiger partial charge is 0.160 e. The maximum absolute atomic E-state index is 5.01. The summed E-state index contributed by atoms with van der Waals surface area (Å²) in [5.74, 6) is 2.45. The highest BCUT2D eigenvalue weighted by atomic mass is 16.5. The normalized spacial score (nSPS) is 8.83. The molecule has 0 aliphatic rings. The number of aromatic nitrogens is 1. The molecule has 4 nitrogen and oxygen atoms in total. The minimum Gasteiger partial charge on any atom is -0.493 e. The fraction of sp³-hybridized carbons (Fsp3) is 0.214. The van der Waals surface area contributed by atoms with Gasteiger partial charge in [0.05, 0.1) is 14.2 Å². The molecule has 0 saturated heterocycles. The van der Waals surface area contributed by atoms with Crippen LogP contribution in [0.1, 0.15) is 0 Å². The van der Waals surface area contributed by atoms with E-state index in [9.17, 15) is 0 Å². The van der Waals surface area contributed by atoms with Crippen molar-refractivity contribution in [2.24, 2.45) is 0 Å². The summed E-state index contributed by atoms with van der Waals surface area (Å²) in [4.78, 5) is 3.99. The van der Waals surface area contributed by atoms with Gasteiger partial charge in [0.2, 0.25) is 0 Å². The Morgan fingerprint density at radius 2 is 1.44 bits per heavy atom. The Hall–Kier alpha value is -2.23. The standard InChI is InChI=1S/C8H10O2.C6H8N2/c1-9-7-5-3-4-6-8(7)10-2;1-7-6-4-2-3-5-8-6/h3-6H,1-2H3;2-5H,1H3,(H,7,8). The summed E-state index contributed by atoms with van der Waals surface area (Å²) < 4.78 is 10.0. The Morgan fingerprint density at radius 1 is 0.889 bits per heavy atom. The second-order valence-electron chi connectivity index (χ2n) is 3.32. The first-order chi connectivity index (χ1) is 8.81. The van der Waals surface area contributed by atoms with Crippen LogP contribution in [0, 0.1) is 0 Å². The molecule has 1 aromatic heterocycles. The maximum Gasteiger partial charge on any atom is 0.160 e. The van der Waals surface area contributed by atoms with Crippen LogP contribution in [0.3, 0.4) is 0 Å². The lowest BCUT2D eigenvalue weighted by Gasteiger charge is -2.04. The predicted octanol–water partition coefficient (Wildman–Crippen LogP) is 2.83. The molecule has 0 atom stereocenters. The van der Waals surface area contributed by atoms with E-state index in [1.807, 2.05) is 49.5 Å². The zero-order valence-corrected chi connectivity index (χ0v) is 10.9. The third-order valence-electron chi connectivity index (χ3n) is 2.21. The number of ether oxygens (including phenoxy) is 2. The molecule has 0 unspecified atom stereocenters. The molecule has 0 spiro atoms. The highest BCUT2D eigenvalue weighted by Crippen LogP contribution is 2.24. The van der Waals surface area contributed by atoms with Crippen LogP contribution in [-0.4, -0.2) is 26.3 Å². The molecular formula is C14H18N2O2. The van der Waals surface area contributed by atoms with Gasteiger partial charge in [0.25, 0.3) is 0 Å². The molecule has 1 aromatic carbocycles. The van der Waals surface area contributed by atoms with Crippen molar-refractivity contribution in [1.82, 2.24) is 4.98 Å². The number of hydrogen-bond donors (Lipinski definition) is 1. The zero-order chi connectivity index (χ0) is 13.2. The van der Waals surface area contributed by atoms with Crippen molar-refractivity contribution in [1.29, 1.82) is 0 Å². The monoisotopic (exact) mass is 246 g/mol. The molecule has 0 aliphatic carbocycles. The van der Waals surface area contributed by atoms with Crippen LogP contribution < -0.4 is 14.8 Å². The molecule has 96 valence electrons. The molecule has 0 bridgehead atoms. The largest absolute Gasteiger partial charge is 0.493 e. The van der Waals surface area contributed by atoms with Gasteiger partial charge in [-0.15, -0.1) is 0 Å². The van der Waals surface area contributed by atoms with Crippen LogP contribution in [0.15, 0.2) is 48.7 Å². The van der Waals surface area contributed by atoms with E-state index in [2.05, 4.69) is 10.3 Å². The van der Waals surface area contributed by atoms with Crippen LogP contribution in [0.2, 0.25) is 0 Å². The molecule has 0 fully saturated rings. The van der Waals surface area contributed by atoms with Gasteiger partial charge < -0.3 is 14.8 Å². The Labute approximate surface area is 108 Å². The van der Waals surface area contributed by atoms with Crippen LogP contribution in [0.5, 0.6) is 11.5 Å². The fourth-order valence-electron chi connectivity index (χ4n) is 1.30. The van der Waals surface area contributed by atoms with Gasteiger partial charge in [-0.05, 0) is 24.3 Å². The first kappa shape index (κ1) is 13.8. The molecule has 4 heteroatoms. The third-order valence-corrected chi connectivity index (χ3v) is 2.21. The van der Waals surface area contributed by atoms with Gasteiger partial charge in [0.15, 0.2) is 11.5 Å². The number of para-hydroxylation sites is 2. The SMILES string of the molecule is CNc1ccccn1.COc1ccccc1OC. The van der Waals surface area contributed by atoms with Crippen molar-refractivity contribution >= 4 is 5.82 Å². The molecule has 0 aliphatic heterocycles. The summed E-state index contributed by atoms with van der Waals surface area (Å²) in [6.07, 6.45) is 1.76. The lowest BCUT2D eigenvalue weighted by atomic mass is 10.3. The molecule has 0 amide bonds. The lowest BCUT2D eigenvalue weighted by molar-refractivity contribution is 0.355. The van der Waals surface area contributed by atoms with Gasteiger partial charge in [-0.3, -0.25) is 0 Å². The number of anilines is 1. The maximum atomic E-state index is 5.01. The van der Waals surface area contributed by atoms with Crippen molar-refractivity contribution in [3.05, 3.63) is 48.7 Å². The Balaban J connectivity index is 0.000000184. The summed E-state index contributed by atoms with van der Waals surface area (Å²) in [5, 5.41) is 2.92. The molecule has 0 radical (unpaired) electrons. The molecule has 2 aromatic rings. The second kappa shape index (κ2) is 7.95. The van der Waals surface area contributed by atoms with Crippen LogP contribution >= 0.6 is 0 Å². The Bertz CT molecular complexity index is 424. The topological polar surface area (TPSA) is 43.4 Å². The molecule has 1 N–H and O–H groups in total. The summed E-state index contributed by atoms with van der Waals surface area (Å²) >= 11 is 0. The van der Waals surface area contributed by atoms with Gasteiger partial charge in [0, 0.05) is 13.2 Å². The van der Waals surface area contributed by atoms with Gasteiger partial charge in [-0.25, -0.2) is 4.98 Å². The summed E-state index contributed by atoms with van der Waals surface area (Å²) in [5.41, 5.74) is 0. The number of methoxy groups -OCH3 is 2. The average Bonchev–Trinajstić information content (AvgIpc) is 2.48. The van der Waals surface area contributed by atoms with Crippen molar-refractivity contribution in [3.63, 3.8) is 0 Å². The predicted molar refractivity (Wildman–Crippen MR) is 73.3 cm³/mol. The molecule has 1 heterocycles. The van der Waals surface area contributed by atoms with E-state index in [1.165, 1.54) is 0 Å². The van der Waals surface area contributed by atoms with Crippen LogP contribution in [0.25, 0.3) is 0 Å². The van der Waals surface area contributed by atoms with E-state index in [0.717, 1.165) is 17.3 Å². The summed E-state index contributed by atoms with van der Waals surface area (Å²) in [6, 6.07) is 13.3. The van der Waals surface area contributed by atoms with Gasteiger partial charge in [-0.2, -0.15) is 0 Å². The highest BCUT2D eigenvalue weighted by molar-refractivity contribution is 5.39. The highest BCUT2D eigenvalue weighted by Gasteiger charge is 1.97. The zero-order valence-electron chi connectivity index (χ0n) is 10.9. The van der Waals surface area contributed by atoms with Gasteiger partial charge in [-0.1, -0.05) is 18.2 Å². The third kappa shape index (κ3) is 4.33. The van der Waals surface area contributed by atoms with Crippen LogP contribution in [-0.2, 0) is 0 Å². The quantitative estimate of drug-likeness (QED) is 0.904. The first-order valence-corrected chi connectivity index (χ1v) is 5.57. The van der Waals surface area contributed by atoms with Crippen molar-refractivity contribution in [2.45, 2.75) is 0 Å². The Kier molecular flexibility index (Phi) is 6.11. The first-order valence-electron chi connectivity index (χ1n) is 5.57. The van der Waals surface area contributed by atoms with E-state index in [1.54, 1.807) is 20.4 Å². The van der Waals surface area contributed by atoms with Crippen molar-refractivity contribution in [2.75, 3.05) is 26.6 Å². The molecule has 2 rings (SSSR count). The number of rotatable bonds is 3. The van der Waals surface area contributed by atoms with Crippen LogP contribution in [0.4, 0.5) is 5.82 Å². The second-order valence-corrected chi connectivity index (χ2v) is 3.32. The molecule has 18 heavy (non-hydrogen) atoms. The van der Waals surface area contributed by atoms with Crippen molar-refractivity contribution in [3.8, 4) is 11.5 Å². The number of hydrogen-bond acceptors (Lipinski definition) is 4. The van der Waals surface area contributed by atoms with Gasteiger partial charge >= 0.3 is 0 Å². The Morgan fingerprint density at radius 3 is 1.78 bits per heavy atom. The lowest BCUT2D eigenvalue weighted by Crippen LogP contribution is -1.88. The summed E-state index contributed by atoms with van der Waals surface area (Å²) in [7, 11) is 5.10.